The molecule has 0 aromatic heterocycles. The number of sulfonamides is 1. The zero-order chi connectivity index (χ0) is 28.3. The summed E-state index contributed by atoms with van der Waals surface area (Å²) in [6, 6.07) is 11.2. The maximum absolute atomic E-state index is 13.5. The number of unbranched alkanes of at least 4 members (excludes halogenated alkanes) is 1. The van der Waals surface area contributed by atoms with Crippen molar-refractivity contribution in [3.63, 3.8) is 0 Å². The molecule has 11 heteroatoms. The molecule has 0 bridgehead atoms. The van der Waals surface area contributed by atoms with Gasteiger partial charge in [0.25, 0.3) is 0 Å². The number of carbonyl (C=O) groups excluding carboxylic acids is 2. The average Bonchev–Trinajstić information content (AvgIpc) is 2.88. The fraction of sp³-hybridized carbons (Fsp3) is 0.481. The Morgan fingerprint density at radius 1 is 1.05 bits per heavy atom. The SMILES string of the molecule is CCCCNC(=O)[C@@H](CC)N(Cc1ccc(Cl)c(Cl)c1)C(=O)CCCN(c1ccccc1OC)S(C)(=O)=O. The molecule has 38 heavy (non-hydrogen) atoms. The Balaban J connectivity index is 2.25. The molecule has 1 N–H and O–H groups in total. The summed E-state index contributed by atoms with van der Waals surface area (Å²) in [7, 11) is -2.16. The topological polar surface area (TPSA) is 96.0 Å². The number of benzene rings is 2. The number of amides is 2. The van der Waals surface area contributed by atoms with Crippen LogP contribution in [0.5, 0.6) is 5.75 Å². The molecule has 0 radical (unpaired) electrons. The van der Waals surface area contributed by atoms with Crippen LogP contribution >= 0.6 is 23.2 Å². The fourth-order valence-electron chi connectivity index (χ4n) is 4.08. The van der Waals surface area contributed by atoms with E-state index in [0.29, 0.717) is 34.4 Å². The molecule has 0 aliphatic heterocycles. The van der Waals surface area contributed by atoms with Gasteiger partial charge < -0.3 is 15.0 Å². The van der Waals surface area contributed by atoms with Gasteiger partial charge in [-0.3, -0.25) is 13.9 Å². The number of anilines is 1. The molecule has 0 unspecified atom stereocenters. The smallest absolute Gasteiger partial charge is 0.242 e. The molecule has 2 amide bonds. The van der Waals surface area contributed by atoms with Gasteiger partial charge in [0.15, 0.2) is 0 Å². The summed E-state index contributed by atoms with van der Waals surface area (Å²) in [4.78, 5) is 28.1. The third-order valence-electron chi connectivity index (χ3n) is 6.06. The van der Waals surface area contributed by atoms with Crippen LogP contribution in [-0.4, -0.2) is 57.6 Å². The van der Waals surface area contributed by atoms with E-state index < -0.39 is 16.1 Å². The molecular weight excluding hydrogens is 549 g/mol. The molecule has 2 aromatic rings. The van der Waals surface area contributed by atoms with Crippen LogP contribution in [0.4, 0.5) is 5.69 Å². The normalized spacial score (nSPS) is 12.1. The summed E-state index contributed by atoms with van der Waals surface area (Å²) >= 11 is 12.3. The highest BCUT2D eigenvalue weighted by Gasteiger charge is 2.29. The van der Waals surface area contributed by atoms with Crippen LogP contribution in [0.2, 0.25) is 10.0 Å². The van der Waals surface area contributed by atoms with Crippen LogP contribution in [0.25, 0.3) is 0 Å². The largest absolute Gasteiger partial charge is 0.495 e. The number of halogens is 2. The first-order valence-corrected chi connectivity index (χ1v) is 15.3. The lowest BCUT2D eigenvalue weighted by molar-refractivity contribution is -0.141. The summed E-state index contributed by atoms with van der Waals surface area (Å²) in [5.74, 6) is -0.0662. The monoisotopic (exact) mass is 585 g/mol. The van der Waals surface area contributed by atoms with E-state index in [0.717, 1.165) is 24.7 Å². The summed E-state index contributed by atoms with van der Waals surface area (Å²) in [6.07, 6.45) is 3.60. The highest BCUT2D eigenvalue weighted by atomic mass is 35.5. The zero-order valence-corrected chi connectivity index (χ0v) is 24.7. The molecule has 0 aliphatic rings. The predicted molar refractivity (Wildman–Crippen MR) is 153 cm³/mol. The van der Waals surface area contributed by atoms with E-state index in [-0.39, 0.29) is 37.7 Å². The van der Waals surface area contributed by atoms with E-state index in [4.69, 9.17) is 27.9 Å². The van der Waals surface area contributed by atoms with Crippen LogP contribution in [0.15, 0.2) is 42.5 Å². The lowest BCUT2D eigenvalue weighted by Crippen LogP contribution is -2.49. The Morgan fingerprint density at radius 2 is 1.76 bits per heavy atom. The molecule has 210 valence electrons. The van der Waals surface area contributed by atoms with Crippen LogP contribution < -0.4 is 14.4 Å². The number of hydrogen-bond donors (Lipinski definition) is 1. The van der Waals surface area contributed by atoms with Gasteiger partial charge in [-0.1, -0.05) is 61.7 Å². The van der Waals surface area contributed by atoms with Crippen LogP contribution in [0, 0.1) is 0 Å². The first kappa shape index (κ1) is 31.7. The minimum atomic E-state index is -3.64. The molecule has 0 saturated carbocycles. The first-order chi connectivity index (χ1) is 18.0. The van der Waals surface area contributed by atoms with Gasteiger partial charge in [-0.25, -0.2) is 8.42 Å². The molecule has 0 aliphatic carbocycles. The van der Waals surface area contributed by atoms with Gasteiger partial charge in [-0.05, 0) is 49.1 Å². The summed E-state index contributed by atoms with van der Waals surface area (Å²) in [5, 5.41) is 3.68. The Labute approximate surface area is 236 Å². The maximum Gasteiger partial charge on any atom is 0.242 e. The third-order valence-corrected chi connectivity index (χ3v) is 7.98. The van der Waals surface area contributed by atoms with Gasteiger partial charge in [0.05, 0.1) is 29.1 Å². The molecule has 0 heterocycles. The van der Waals surface area contributed by atoms with E-state index in [1.165, 1.54) is 16.3 Å². The lowest BCUT2D eigenvalue weighted by Gasteiger charge is -2.31. The maximum atomic E-state index is 13.5. The lowest BCUT2D eigenvalue weighted by atomic mass is 10.1. The standard InChI is InChI=1S/C27H37Cl2N3O5S/c1-5-7-16-30-27(34)23(6-2)31(19-20-14-15-21(28)22(29)18-20)26(33)13-10-17-32(38(4,35)36)24-11-8-9-12-25(24)37-3/h8-9,11-12,14-15,18,23H,5-7,10,13,16-17,19H2,1-4H3,(H,30,34)/t23-/m1/s1. The summed E-state index contributed by atoms with van der Waals surface area (Å²) < 4.78 is 31.7. The first-order valence-electron chi connectivity index (χ1n) is 12.6. The van der Waals surface area contributed by atoms with Crippen molar-refractivity contribution >= 4 is 50.7 Å². The number of ether oxygens (including phenoxy) is 1. The number of para-hydroxylation sites is 2. The molecular formula is C27H37Cl2N3O5S. The predicted octanol–water partition coefficient (Wildman–Crippen LogP) is 5.27. The molecule has 8 nitrogen and oxygen atoms in total. The highest BCUT2D eigenvalue weighted by Crippen LogP contribution is 2.30. The quantitative estimate of drug-likeness (QED) is 0.287. The van der Waals surface area contributed by atoms with E-state index in [1.54, 1.807) is 42.5 Å². The van der Waals surface area contributed by atoms with Gasteiger partial charge in [-0.2, -0.15) is 0 Å². The minimum absolute atomic E-state index is 0.0429. The molecule has 1 atom stereocenters. The number of rotatable bonds is 15. The van der Waals surface area contributed by atoms with Gasteiger partial charge >= 0.3 is 0 Å². The number of carbonyl (C=O) groups is 2. The van der Waals surface area contributed by atoms with Crippen LogP contribution in [0.1, 0.15) is 51.5 Å². The second kappa shape index (κ2) is 15.2. The highest BCUT2D eigenvalue weighted by molar-refractivity contribution is 7.92. The Morgan fingerprint density at radius 3 is 2.37 bits per heavy atom. The Kier molecular flexibility index (Phi) is 12.7. The van der Waals surface area contributed by atoms with Crippen molar-refractivity contribution in [1.29, 1.82) is 0 Å². The van der Waals surface area contributed by atoms with E-state index in [9.17, 15) is 18.0 Å². The van der Waals surface area contributed by atoms with Crippen molar-refractivity contribution in [2.24, 2.45) is 0 Å². The number of hydrogen-bond acceptors (Lipinski definition) is 5. The molecule has 2 rings (SSSR count). The third kappa shape index (κ3) is 9.06. The van der Waals surface area contributed by atoms with Crippen molar-refractivity contribution in [2.75, 3.05) is 30.8 Å². The fourth-order valence-corrected chi connectivity index (χ4v) is 5.37. The number of nitrogens with one attached hydrogen (secondary N) is 1. The Hall–Kier alpha value is -2.49. The van der Waals surface area contributed by atoms with Gasteiger partial charge in [0.1, 0.15) is 11.8 Å². The molecule has 0 saturated heterocycles. The summed E-state index contributed by atoms with van der Waals surface area (Å²) in [5.41, 5.74) is 1.14. The van der Waals surface area contributed by atoms with Gasteiger partial charge in [0.2, 0.25) is 21.8 Å². The van der Waals surface area contributed by atoms with Crippen LogP contribution in [-0.2, 0) is 26.2 Å². The Bertz CT molecular complexity index is 1190. The average molecular weight is 587 g/mol. The van der Waals surface area contributed by atoms with E-state index >= 15 is 0 Å². The van der Waals surface area contributed by atoms with Gasteiger partial charge in [-0.15, -0.1) is 0 Å². The minimum Gasteiger partial charge on any atom is -0.495 e. The van der Waals surface area contributed by atoms with Crippen molar-refractivity contribution in [3.05, 3.63) is 58.1 Å². The summed E-state index contributed by atoms with van der Waals surface area (Å²) in [6.45, 7) is 4.66. The van der Waals surface area contributed by atoms with Crippen molar-refractivity contribution in [3.8, 4) is 5.75 Å². The van der Waals surface area contributed by atoms with E-state index in [2.05, 4.69) is 5.32 Å². The van der Waals surface area contributed by atoms with Crippen molar-refractivity contribution < 1.29 is 22.7 Å². The molecule has 2 aromatic carbocycles. The number of methoxy groups -OCH3 is 1. The second-order valence-electron chi connectivity index (χ2n) is 8.95. The molecule has 0 fully saturated rings. The van der Waals surface area contributed by atoms with Crippen LogP contribution in [0.3, 0.4) is 0 Å². The number of nitrogens with zero attached hydrogens (tertiary/aromatic N) is 2. The zero-order valence-electron chi connectivity index (χ0n) is 22.4. The molecule has 0 spiro atoms. The van der Waals surface area contributed by atoms with Crippen molar-refractivity contribution in [1.82, 2.24) is 10.2 Å². The second-order valence-corrected chi connectivity index (χ2v) is 11.7. The van der Waals surface area contributed by atoms with E-state index in [1.807, 2.05) is 13.8 Å². The van der Waals surface area contributed by atoms with Gasteiger partial charge in [0, 0.05) is 26.1 Å². The van der Waals surface area contributed by atoms with Crippen molar-refractivity contribution in [2.45, 2.75) is 58.5 Å².